The van der Waals surface area contributed by atoms with Crippen LogP contribution in [0.3, 0.4) is 0 Å². The Kier molecular flexibility index (Phi) is 4.95. The maximum absolute atomic E-state index is 12.2. The summed E-state index contributed by atoms with van der Waals surface area (Å²) in [5.41, 5.74) is 2.99. The third kappa shape index (κ3) is 3.46. The number of carbonyl (C=O) groups is 1. The first-order valence-corrected chi connectivity index (χ1v) is 8.11. The Labute approximate surface area is 145 Å². The highest BCUT2D eigenvalue weighted by molar-refractivity contribution is 5.99. The molecular weight excluding hydrogens is 320 g/mol. The highest BCUT2D eigenvalue weighted by atomic mass is 16.3. The summed E-state index contributed by atoms with van der Waals surface area (Å²) in [4.78, 5) is 16.7. The van der Waals surface area contributed by atoms with Crippen molar-refractivity contribution in [2.45, 2.75) is 19.8 Å². The predicted molar refractivity (Wildman–Crippen MR) is 92.7 cm³/mol. The van der Waals surface area contributed by atoms with E-state index in [0.717, 1.165) is 5.56 Å². The van der Waals surface area contributed by atoms with Crippen LogP contribution in [0, 0.1) is 6.92 Å². The molecule has 0 saturated carbocycles. The molecule has 25 heavy (non-hydrogen) atoms. The van der Waals surface area contributed by atoms with Crippen molar-refractivity contribution in [2.24, 2.45) is 0 Å². The van der Waals surface area contributed by atoms with E-state index in [1.807, 2.05) is 30.3 Å². The number of fused-ring (bicyclic) bond motifs is 1. The van der Waals surface area contributed by atoms with Crippen LogP contribution in [0.1, 0.15) is 33.6 Å². The maximum Gasteiger partial charge on any atom is 0.256 e. The second kappa shape index (κ2) is 7.31. The number of hydrogen-bond acceptors (Lipinski definition) is 5. The number of aryl methyl sites for hydroxylation is 1. The van der Waals surface area contributed by atoms with Crippen LogP contribution in [0.25, 0.3) is 5.65 Å². The molecule has 0 radical (unpaired) electrons. The zero-order valence-corrected chi connectivity index (χ0v) is 13.9. The van der Waals surface area contributed by atoms with E-state index in [1.165, 1.54) is 10.7 Å². The number of benzene rings is 1. The van der Waals surface area contributed by atoms with Crippen LogP contribution in [-0.4, -0.2) is 43.9 Å². The van der Waals surface area contributed by atoms with Gasteiger partial charge in [-0.1, -0.05) is 30.3 Å². The molecule has 0 unspecified atom stereocenters. The van der Waals surface area contributed by atoms with Crippen molar-refractivity contribution in [3.05, 3.63) is 58.9 Å². The third-order valence-electron chi connectivity index (χ3n) is 4.01. The molecule has 0 aliphatic heterocycles. The minimum Gasteiger partial charge on any atom is -0.493 e. The van der Waals surface area contributed by atoms with Crippen molar-refractivity contribution in [1.29, 1.82) is 0 Å². The molecule has 1 amide bonds. The van der Waals surface area contributed by atoms with Gasteiger partial charge in [0.25, 0.3) is 5.91 Å². The van der Waals surface area contributed by atoms with E-state index in [2.05, 4.69) is 15.4 Å². The molecule has 0 atom stereocenters. The summed E-state index contributed by atoms with van der Waals surface area (Å²) in [5.74, 6) is -0.341. The van der Waals surface area contributed by atoms with Gasteiger partial charge in [-0.25, -0.2) is 4.98 Å². The summed E-state index contributed by atoms with van der Waals surface area (Å²) in [6.07, 6.45) is 2.39. The van der Waals surface area contributed by atoms with E-state index in [1.54, 1.807) is 6.92 Å². The fraction of sp³-hybridized carbons (Fsp3) is 0.278. The summed E-state index contributed by atoms with van der Waals surface area (Å²) >= 11 is 0. The lowest BCUT2D eigenvalue weighted by Gasteiger charge is -2.10. The first kappa shape index (κ1) is 16.9. The van der Waals surface area contributed by atoms with E-state index in [-0.39, 0.29) is 18.4 Å². The zero-order valence-electron chi connectivity index (χ0n) is 13.9. The highest BCUT2D eigenvalue weighted by Crippen LogP contribution is 2.25. The van der Waals surface area contributed by atoms with Crippen molar-refractivity contribution in [3.8, 4) is 5.88 Å². The van der Waals surface area contributed by atoms with Crippen LogP contribution in [0.4, 0.5) is 0 Å². The topological polar surface area (TPSA) is 99.8 Å². The Bertz CT molecular complexity index is 890. The van der Waals surface area contributed by atoms with Gasteiger partial charge in [-0.05, 0) is 18.9 Å². The summed E-state index contributed by atoms with van der Waals surface area (Å²) in [7, 11) is 0. The molecule has 2 aromatic heterocycles. The molecule has 0 bridgehead atoms. The second-order valence-corrected chi connectivity index (χ2v) is 5.79. The Morgan fingerprint density at radius 3 is 2.76 bits per heavy atom. The number of aromatic nitrogens is 3. The quantitative estimate of drug-likeness (QED) is 0.590. The van der Waals surface area contributed by atoms with Crippen LogP contribution < -0.4 is 5.32 Å². The zero-order chi connectivity index (χ0) is 17.8. The monoisotopic (exact) mass is 340 g/mol. The first-order chi connectivity index (χ1) is 12.1. The number of rotatable bonds is 6. The minimum atomic E-state index is -0.328. The number of hydrogen-bond donors (Lipinski definition) is 3. The van der Waals surface area contributed by atoms with E-state index in [4.69, 9.17) is 5.11 Å². The lowest BCUT2D eigenvalue weighted by atomic mass is 10.0. The number of aliphatic hydroxyl groups is 1. The van der Waals surface area contributed by atoms with Gasteiger partial charge in [0.15, 0.2) is 5.65 Å². The Morgan fingerprint density at radius 2 is 2.04 bits per heavy atom. The van der Waals surface area contributed by atoms with Gasteiger partial charge >= 0.3 is 0 Å². The van der Waals surface area contributed by atoms with Crippen molar-refractivity contribution in [1.82, 2.24) is 19.9 Å². The van der Waals surface area contributed by atoms with Crippen molar-refractivity contribution >= 4 is 11.6 Å². The van der Waals surface area contributed by atoms with Gasteiger partial charge in [-0.15, -0.1) is 0 Å². The normalized spacial score (nSPS) is 11.0. The molecular formula is C18H20N4O3. The molecule has 2 heterocycles. The summed E-state index contributed by atoms with van der Waals surface area (Å²) in [6.45, 7) is 2.18. The summed E-state index contributed by atoms with van der Waals surface area (Å²) < 4.78 is 1.28. The van der Waals surface area contributed by atoms with Gasteiger partial charge in [-0.3, -0.25) is 4.79 Å². The van der Waals surface area contributed by atoms with Crippen molar-refractivity contribution in [3.63, 3.8) is 0 Å². The largest absolute Gasteiger partial charge is 0.493 e. The minimum absolute atomic E-state index is 0.00995. The van der Waals surface area contributed by atoms with Crippen LogP contribution in [-0.2, 0) is 6.42 Å². The Balaban J connectivity index is 1.94. The molecule has 3 aromatic rings. The molecule has 0 spiro atoms. The number of nitrogens with zero attached hydrogens (tertiary/aromatic N) is 3. The number of nitrogens with one attached hydrogen (secondary N) is 1. The number of carbonyl (C=O) groups excluding carboxylic acids is 1. The molecule has 0 aliphatic carbocycles. The van der Waals surface area contributed by atoms with Crippen LogP contribution in [0.2, 0.25) is 0 Å². The fourth-order valence-corrected chi connectivity index (χ4v) is 2.66. The molecule has 3 N–H and O–H groups in total. The third-order valence-corrected chi connectivity index (χ3v) is 4.01. The number of aliphatic hydroxyl groups excluding tert-OH is 1. The standard InChI is InChI=1S/C18H20N4O3/c1-12-14(10-13-6-3-2-4-7-13)18(25)22-16(21-12)15(11-20-22)17(24)19-8-5-9-23/h2-4,6-7,11,23,25H,5,8-10H2,1H3,(H,19,24). The van der Waals surface area contributed by atoms with Crippen LogP contribution >= 0.6 is 0 Å². The number of amides is 1. The average Bonchev–Trinajstić information content (AvgIpc) is 3.03. The molecule has 1 aromatic carbocycles. The predicted octanol–water partition coefficient (Wildman–Crippen LogP) is 1.45. The lowest BCUT2D eigenvalue weighted by Crippen LogP contribution is -2.25. The van der Waals surface area contributed by atoms with Gasteiger partial charge in [-0.2, -0.15) is 9.61 Å². The fourth-order valence-electron chi connectivity index (χ4n) is 2.66. The van der Waals surface area contributed by atoms with Crippen LogP contribution in [0.15, 0.2) is 36.5 Å². The summed E-state index contributed by atoms with van der Waals surface area (Å²) in [5, 5.41) is 26.2. The van der Waals surface area contributed by atoms with Crippen molar-refractivity contribution < 1.29 is 15.0 Å². The van der Waals surface area contributed by atoms with Crippen molar-refractivity contribution in [2.75, 3.05) is 13.2 Å². The molecule has 7 heteroatoms. The molecule has 0 saturated heterocycles. The lowest BCUT2D eigenvalue weighted by molar-refractivity contribution is 0.0952. The molecule has 7 nitrogen and oxygen atoms in total. The number of aromatic hydroxyl groups is 1. The van der Waals surface area contributed by atoms with Gasteiger partial charge in [0, 0.05) is 30.8 Å². The van der Waals surface area contributed by atoms with E-state index in [9.17, 15) is 9.90 Å². The first-order valence-electron chi connectivity index (χ1n) is 8.11. The van der Waals surface area contributed by atoms with Gasteiger partial charge in [0.1, 0.15) is 5.56 Å². The Morgan fingerprint density at radius 1 is 1.28 bits per heavy atom. The smallest absolute Gasteiger partial charge is 0.256 e. The molecule has 130 valence electrons. The summed E-state index contributed by atoms with van der Waals surface area (Å²) in [6, 6.07) is 9.78. The molecule has 3 rings (SSSR count). The van der Waals surface area contributed by atoms with Gasteiger partial charge in [0.2, 0.25) is 5.88 Å². The SMILES string of the molecule is Cc1nc2c(C(=O)NCCCO)cnn2c(O)c1Cc1ccccc1. The second-order valence-electron chi connectivity index (χ2n) is 5.79. The molecule has 0 fully saturated rings. The maximum atomic E-state index is 12.2. The van der Waals surface area contributed by atoms with E-state index < -0.39 is 0 Å². The van der Waals surface area contributed by atoms with Gasteiger partial charge in [0.05, 0.1) is 6.20 Å². The van der Waals surface area contributed by atoms with E-state index in [0.29, 0.717) is 41.9 Å². The Hall–Kier alpha value is -2.93. The van der Waals surface area contributed by atoms with E-state index >= 15 is 0 Å². The van der Waals surface area contributed by atoms with Crippen LogP contribution in [0.5, 0.6) is 5.88 Å². The average molecular weight is 340 g/mol. The highest BCUT2D eigenvalue weighted by Gasteiger charge is 2.19. The molecule has 0 aliphatic rings. The van der Waals surface area contributed by atoms with Gasteiger partial charge < -0.3 is 15.5 Å².